The molecule has 134 valence electrons. The molecule has 0 atom stereocenters. The molecule has 0 aliphatic rings. The van der Waals surface area contributed by atoms with Gasteiger partial charge in [-0.25, -0.2) is 4.98 Å². The Morgan fingerprint density at radius 1 is 1.28 bits per heavy atom. The zero-order chi connectivity index (χ0) is 18.4. The summed E-state index contributed by atoms with van der Waals surface area (Å²) >= 11 is 7.35. The van der Waals surface area contributed by atoms with Crippen molar-refractivity contribution in [1.29, 1.82) is 0 Å². The molecule has 0 aliphatic carbocycles. The molecule has 0 saturated heterocycles. The Labute approximate surface area is 155 Å². The number of benzene rings is 1. The lowest BCUT2D eigenvalue weighted by molar-refractivity contribution is -0.142. The van der Waals surface area contributed by atoms with Gasteiger partial charge in [0.1, 0.15) is 5.75 Å². The number of nitrogens with zero attached hydrogens (tertiary/aromatic N) is 1. The summed E-state index contributed by atoms with van der Waals surface area (Å²) in [6, 6.07) is 3.56. The number of hydrogen-bond donors (Lipinski definition) is 1. The molecule has 25 heavy (non-hydrogen) atoms. The maximum Gasteiger partial charge on any atom is 0.311 e. The van der Waals surface area contributed by atoms with Crippen LogP contribution in [0.3, 0.4) is 0 Å². The van der Waals surface area contributed by atoms with E-state index in [4.69, 9.17) is 21.1 Å². The number of aromatic nitrogens is 1. The molecule has 1 N–H and O–H groups in total. The number of rotatable bonds is 7. The van der Waals surface area contributed by atoms with Crippen LogP contribution in [0.1, 0.15) is 23.7 Å². The fourth-order valence-electron chi connectivity index (χ4n) is 2.10. The molecule has 0 fully saturated rings. The Bertz CT molecular complexity index is 753. The third-order valence-corrected chi connectivity index (χ3v) is 4.61. The number of aryl methyl sites for hydroxylation is 2. The van der Waals surface area contributed by atoms with Gasteiger partial charge >= 0.3 is 5.97 Å². The van der Waals surface area contributed by atoms with Crippen LogP contribution in [0, 0.1) is 13.8 Å². The highest BCUT2D eigenvalue weighted by molar-refractivity contribution is 7.13. The van der Waals surface area contributed by atoms with Crippen molar-refractivity contribution in [1.82, 2.24) is 4.98 Å². The maximum atomic E-state index is 12.0. The molecule has 2 rings (SSSR count). The van der Waals surface area contributed by atoms with Crippen LogP contribution in [0.2, 0.25) is 5.02 Å². The highest BCUT2D eigenvalue weighted by Gasteiger charge is 2.11. The fourth-order valence-corrected chi connectivity index (χ4v) is 2.93. The van der Waals surface area contributed by atoms with E-state index >= 15 is 0 Å². The van der Waals surface area contributed by atoms with Crippen molar-refractivity contribution >= 4 is 39.9 Å². The van der Waals surface area contributed by atoms with Gasteiger partial charge in [0, 0.05) is 10.4 Å². The van der Waals surface area contributed by atoms with Gasteiger partial charge in [0.15, 0.2) is 11.7 Å². The lowest BCUT2D eigenvalue weighted by atomic mass is 10.1. The minimum atomic E-state index is -0.345. The van der Waals surface area contributed by atoms with Crippen molar-refractivity contribution in [2.24, 2.45) is 0 Å². The van der Waals surface area contributed by atoms with Gasteiger partial charge < -0.3 is 9.47 Å². The van der Waals surface area contributed by atoms with Crippen molar-refractivity contribution < 1.29 is 19.1 Å². The lowest BCUT2D eigenvalue weighted by Crippen LogP contribution is -2.20. The third kappa shape index (κ3) is 5.72. The van der Waals surface area contributed by atoms with Gasteiger partial charge in [-0.05, 0) is 44.0 Å². The summed E-state index contributed by atoms with van der Waals surface area (Å²) in [4.78, 5) is 27.6. The van der Waals surface area contributed by atoms with Crippen molar-refractivity contribution in [3.8, 4) is 5.75 Å². The molecule has 0 aliphatic heterocycles. The van der Waals surface area contributed by atoms with E-state index in [1.807, 2.05) is 13.8 Å². The van der Waals surface area contributed by atoms with Crippen molar-refractivity contribution in [3.63, 3.8) is 0 Å². The number of carbonyl (C=O) groups excluding carboxylic acids is 2. The Hall–Kier alpha value is -2.12. The van der Waals surface area contributed by atoms with E-state index in [9.17, 15) is 9.59 Å². The standard InChI is InChI=1S/C17H19ClN2O4S/c1-4-23-15(22)7-12-9-25-17(19-12)20-14(21)8-24-13-5-10(2)16(18)11(3)6-13/h5-6,9H,4,7-8H2,1-3H3,(H,19,20,21). The third-order valence-electron chi connectivity index (χ3n) is 3.21. The fraction of sp³-hybridized carbons (Fsp3) is 0.353. The van der Waals surface area contributed by atoms with Crippen LogP contribution >= 0.6 is 22.9 Å². The summed E-state index contributed by atoms with van der Waals surface area (Å²) in [5, 5.41) is 5.45. The normalized spacial score (nSPS) is 10.4. The number of carbonyl (C=O) groups is 2. The average molecular weight is 383 g/mol. The highest BCUT2D eigenvalue weighted by atomic mass is 35.5. The molecule has 2 aromatic rings. The van der Waals surface area contributed by atoms with Crippen LogP contribution in [0.15, 0.2) is 17.5 Å². The first-order chi connectivity index (χ1) is 11.9. The van der Waals surface area contributed by atoms with Gasteiger partial charge in [0.25, 0.3) is 5.91 Å². The molecule has 0 spiro atoms. The minimum absolute atomic E-state index is 0.0834. The number of halogens is 1. The molecule has 1 aromatic heterocycles. The molecule has 1 aromatic carbocycles. The molecular weight excluding hydrogens is 364 g/mol. The summed E-state index contributed by atoms with van der Waals surface area (Å²) in [6.45, 7) is 5.68. The highest BCUT2D eigenvalue weighted by Crippen LogP contribution is 2.25. The molecule has 1 amide bonds. The quantitative estimate of drug-likeness (QED) is 0.741. The SMILES string of the molecule is CCOC(=O)Cc1csc(NC(=O)COc2cc(C)c(Cl)c(C)c2)n1. The molecule has 8 heteroatoms. The number of anilines is 1. The summed E-state index contributed by atoms with van der Waals surface area (Å²) in [5.41, 5.74) is 2.34. The van der Waals surface area contributed by atoms with E-state index in [2.05, 4.69) is 10.3 Å². The van der Waals surface area contributed by atoms with Crippen LogP contribution in [0.25, 0.3) is 0 Å². The first-order valence-electron chi connectivity index (χ1n) is 7.68. The zero-order valence-electron chi connectivity index (χ0n) is 14.2. The Kier molecular flexibility index (Phi) is 6.78. The summed E-state index contributed by atoms with van der Waals surface area (Å²) in [7, 11) is 0. The van der Waals surface area contributed by atoms with Crippen molar-refractivity contribution in [2.45, 2.75) is 27.2 Å². The Balaban J connectivity index is 1.86. The van der Waals surface area contributed by atoms with Gasteiger partial charge in [-0.15, -0.1) is 11.3 Å². The van der Waals surface area contributed by atoms with E-state index in [1.54, 1.807) is 24.4 Å². The van der Waals surface area contributed by atoms with Gasteiger partial charge in [-0.1, -0.05) is 11.6 Å². The summed E-state index contributed by atoms with van der Waals surface area (Å²) < 4.78 is 10.4. The second-order valence-electron chi connectivity index (χ2n) is 5.33. The van der Waals surface area contributed by atoms with E-state index in [-0.39, 0.29) is 24.9 Å². The molecule has 0 unspecified atom stereocenters. The van der Waals surface area contributed by atoms with Crippen LogP contribution in [0.5, 0.6) is 5.75 Å². The second-order valence-corrected chi connectivity index (χ2v) is 6.57. The lowest BCUT2D eigenvalue weighted by Gasteiger charge is -2.09. The van der Waals surface area contributed by atoms with Crippen LogP contribution in [0.4, 0.5) is 5.13 Å². The van der Waals surface area contributed by atoms with Crippen LogP contribution in [-0.4, -0.2) is 30.1 Å². The first-order valence-corrected chi connectivity index (χ1v) is 8.94. The number of thiazole rings is 1. The molecule has 0 saturated carbocycles. The largest absolute Gasteiger partial charge is 0.484 e. The number of amides is 1. The van der Waals surface area contributed by atoms with Crippen molar-refractivity contribution in [3.05, 3.63) is 39.4 Å². The van der Waals surface area contributed by atoms with E-state index in [1.165, 1.54) is 11.3 Å². The first kappa shape index (κ1) is 19.2. The number of esters is 1. The monoisotopic (exact) mass is 382 g/mol. The van der Waals surface area contributed by atoms with Crippen molar-refractivity contribution in [2.75, 3.05) is 18.5 Å². The van der Waals surface area contributed by atoms with E-state index in [0.29, 0.717) is 28.2 Å². The minimum Gasteiger partial charge on any atom is -0.484 e. The van der Waals surface area contributed by atoms with E-state index in [0.717, 1.165) is 11.1 Å². The zero-order valence-corrected chi connectivity index (χ0v) is 15.8. The Morgan fingerprint density at radius 2 is 1.96 bits per heavy atom. The number of ether oxygens (including phenoxy) is 2. The predicted molar refractivity (Wildman–Crippen MR) is 97.5 cm³/mol. The van der Waals surface area contributed by atoms with Gasteiger partial charge in [0.2, 0.25) is 0 Å². The van der Waals surface area contributed by atoms with Gasteiger partial charge in [0.05, 0.1) is 18.7 Å². The Morgan fingerprint density at radius 3 is 2.60 bits per heavy atom. The molecule has 0 radical (unpaired) electrons. The molecule has 1 heterocycles. The van der Waals surface area contributed by atoms with Gasteiger partial charge in [-0.3, -0.25) is 14.9 Å². The van der Waals surface area contributed by atoms with Crippen LogP contribution in [-0.2, 0) is 20.7 Å². The summed E-state index contributed by atoms with van der Waals surface area (Å²) in [6.07, 6.45) is 0.0834. The topological polar surface area (TPSA) is 77.5 Å². The summed E-state index contributed by atoms with van der Waals surface area (Å²) in [5.74, 6) is -0.0959. The number of nitrogens with one attached hydrogen (secondary N) is 1. The second kappa shape index (κ2) is 8.82. The van der Waals surface area contributed by atoms with E-state index < -0.39 is 0 Å². The molecule has 6 nitrogen and oxygen atoms in total. The predicted octanol–water partition coefficient (Wildman–Crippen LogP) is 3.54. The maximum absolute atomic E-state index is 12.0. The van der Waals surface area contributed by atoms with Crippen LogP contribution < -0.4 is 10.1 Å². The van der Waals surface area contributed by atoms with Gasteiger partial charge in [-0.2, -0.15) is 0 Å². The molecule has 0 bridgehead atoms. The smallest absolute Gasteiger partial charge is 0.311 e. The average Bonchev–Trinajstić information content (AvgIpc) is 2.97. The molecular formula is C17H19ClN2O4S. The number of hydrogen-bond acceptors (Lipinski definition) is 6.